The summed E-state index contributed by atoms with van der Waals surface area (Å²) in [6, 6.07) is 16.8. The molecule has 0 aliphatic heterocycles. The molecule has 1 aromatic heterocycles. The minimum atomic E-state index is -0.804. The first kappa shape index (κ1) is 12.9. The lowest BCUT2D eigenvalue weighted by Gasteiger charge is -2.07. The second kappa shape index (κ2) is 4.60. The van der Waals surface area contributed by atoms with E-state index in [2.05, 4.69) is 4.98 Å². The van der Waals surface area contributed by atoms with Gasteiger partial charge in [0.05, 0.1) is 11.2 Å². The first-order chi connectivity index (χ1) is 10.6. The monoisotopic (exact) mass is 287 g/mol. The summed E-state index contributed by atoms with van der Waals surface area (Å²) >= 11 is 0. The molecule has 22 heavy (non-hydrogen) atoms. The minimum absolute atomic E-state index is 0.147. The number of carbonyl (C=O) groups is 2. The Morgan fingerprint density at radius 2 is 1.64 bits per heavy atom. The van der Waals surface area contributed by atoms with Crippen LogP contribution >= 0.6 is 0 Å². The second-order valence-electron chi connectivity index (χ2n) is 5.64. The van der Waals surface area contributed by atoms with Crippen LogP contribution in [0.5, 0.6) is 0 Å². The van der Waals surface area contributed by atoms with E-state index in [0.717, 1.165) is 16.5 Å². The molecule has 1 heterocycles. The maximum absolute atomic E-state index is 12.6. The highest BCUT2D eigenvalue weighted by Gasteiger charge is 2.40. The van der Waals surface area contributed by atoms with Gasteiger partial charge in [-0.25, -0.2) is 0 Å². The van der Waals surface area contributed by atoms with Crippen LogP contribution in [0.4, 0.5) is 0 Å². The highest BCUT2D eigenvalue weighted by Crippen LogP contribution is 2.34. The molecule has 2 aromatic carbocycles. The molecule has 0 fully saturated rings. The third-order valence-electron chi connectivity index (χ3n) is 4.15. The molecule has 0 spiro atoms. The largest absolute Gasteiger partial charge is 0.293 e. The molecule has 1 aliphatic carbocycles. The zero-order valence-corrected chi connectivity index (χ0v) is 12.0. The molecule has 3 nitrogen and oxygen atoms in total. The van der Waals surface area contributed by atoms with Crippen molar-refractivity contribution in [3.63, 3.8) is 0 Å². The SMILES string of the molecule is Cc1ccc2c(c1)C(=O)[C@H](c1ccc3ccccc3n1)C2=O. The molecule has 3 aromatic rings. The van der Waals surface area contributed by atoms with Crippen LogP contribution in [0, 0.1) is 6.92 Å². The summed E-state index contributed by atoms with van der Waals surface area (Å²) in [5.74, 6) is -1.10. The number of hydrogen-bond acceptors (Lipinski definition) is 3. The van der Waals surface area contributed by atoms with E-state index < -0.39 is 5.92 Å². The fraction of sp³-hybridized carbons (Fsp3) is 0.105. The van der Waals surface area contributed by atoms with Crippen molar-refractivity contribution in [3.8, 4) is 0 Å². The van der Waals surface area contributed by atoms with Crippen LogP contribution in [0.2, 0.25) is 0 Å². The Bertz CT molecular complexity index is 943. The number of hydrogen-bond donors (Lipinski definition) is 0. The topological polar surface area (TPSA) is 47.0 Å². The summed E-state index contributed by atoms with van der Waals surface area (Å²) in [5.41, 5.74) is 3.34. The Hall–Kier alpha value is -2.81. The minimum Gasteiger partial charge on any atom is -0.293 e. The number of nitrogens with zero attached hydrogens (tertiary/aromatic N) is 1. The Morgan fingerprint density at radius 1 is 0.864 bits per heavy atom. The number of benzene rings is 2. The van der Waals surface area contributed by atoms with Crippen molar-refractivity contribution in [1.29, 1.82) is 0 Å². The molecule has 106 valence electrons. The molecule has 0 amide bonds. The summed E-state index contributed by atoms with van der Waals surface area (Å²) in [4.78, 5) is 29.8. The molecule has 3 heteroatoms. The van der Waals surface area contributed by atoms with Crippen molar-refractivity contribution < 1.29 is 9.59 Å². The fourth-order valence-electron chi connectivity index (χ4n) is 3.02. The number of fused-ring (bicyclic) bond motifs is 2. The Labute approximate surface area is 127 Å². The van der Waals surface area contributed by atoms with Gasteiger partial charge >= 0.3 is 0 Å². The van der Waals surface area contributed by atoms with Crippen LogP contribution in [-0.4, -0.2) is 16.6 Å². The lowest BCUT2D eigenvalue weighted by Crippen LogP contribution is -2.14. The van der Waals surface area contributed by atoms with Crippen LogP contribution in [0.3, 0.4) is 0 Å². The van der Waals surface area contributed by atoms with Gasteiger partial charge < -0.3 is 0 Å². The van der Waals surface area contributed by atoms with E-state index in [1.807, 2.05) is 43.3 Å². The standard InChI is InChI=1S/C19H13NO2/c1-11-6-8-13-14(10-11)19(22)17(18(13)21)16-9-7-12-4-2-3-5-15(12)20-16/h2-10,17H,1H3/t17-/m1/s1. The van der Waals surface area contributed by atoms with E-state index >= 15 is 0 Å². The molecule has 0 radical (unpaired) electrons. The van der Waals surface area contributed by atoms with Gasteiger partial charge in [-0.05, 0) is 25.1 Å². The average Bonchev–Trinajstić information content (AvgIpc) is 2.78. The van der Waals surface area contributed by atoms with Gasteiger partial charge in [-0.1, -0.05) is 42.0 Å². The van der Waals surface area contributed by atoms with Gasteiger partial charge in [0.1, 0.15) is 5.92 Å². The molecular formula is C19H13NO2. The number of aromatic nitrogens is 1. The number of rotatable bonds is 1. The van der Waals surface area contributed by atoms with E-state index in [4.69, 9.17) is 0 Å². The summed E-state index contributed by atoms with van der Waals surface area (Å²) < 4.78 is 0. The maximum Gasteiger partial charge on any atom is 0.180 e. The lowest BCUT2D eigenvalue weighted by atomic mass is 9.98. The first-order valence-electron chi connectivity index (χ1n) is 7.20. The predicted octanol–water partition coefficient (Wildman–Crippen LogP) is 3.71. The molecule has 0 N–H and O–H groups in total. The molecule has 0 saturated heterocycles. The van der Waals surface area contributed by atoms with Gasteiger partial charge in [-0.15, -0.1) is 0 Å². The van der Waals surface area contributed by atoms with Gasteiger partial charge in [0.25, 0.3) is 0 Å². The number of aryl methyl sites for hydroxylation is 1. The third-order valence-corrected chi connectivity index (χ3v) is 4.15. The molecule has 1 atom stereocenters. The molecular weight excluding hydrogens is 274 g/mol. The van der Waals surface area contributed by atoms with Gasteiger partial charge in [-0.3, -0.25) is 14.6 Å². The van der Waals surface area contributed by atoms with E-state index in [0.29, 0.717) is 16.8 Å². The highest BCUT2D eigenvalue weighted by atomic mass is 16.2. The van der Waals surface area contributed by atoms with Crippen LogP contribution in [0.15, 0.2) is 54.6 Å². The molecule has 1 aliphatic rings. The molecule has 0 saturated carbocycles. The van der Waals surface area contributed by atoms with Crippen molar-refractivity contribution in [2.75, 3.05) is 0 Å². The van der Waals surface area contributed by atoms with Crippen LogP contribution < -0.4 is 0 Å². The van der Waals surface area contributed by atoms with E-state index in [9.17, 15) is 9.59 Å². The van der Waals surface area contributed by atoms with Gasteiger partial charge in [0.2, 0.25) is 0 Å². The molecule has 0 bridgehead atoms. The van der Waals surface area contributed by atoms with Gasteiger partial charge in [-0.2, -0.15) is 0 Å². The Kier molecular flexibility index (Phi) is 2.70. The van der Waals surface area contributed by atoms with Crippen molar-refractivity contribution in [3.05, 3.63) is 77.0 Å². The van der Waals surface area contributed by atoms with Crippen LogP contribution in [0.1, 0.15) is 37.9 Å². The van der Waals surface area contributed by atoms with Crippen molar-refractivity contribution in [2.45, 2.75) is 12.8 Å². The van der Waals surface area contributed by atoms with Crippen LogP contribution in [0.25, 0.3) is 10.9 Å². The summed E-state index contributed by atoms with van der Waals surface area (Å²) in [7, 11) is 0. The van der Waals surface area contributed by atoms with Gasteiger partial charge in [0, 0.05) is 16.5 Å². The number of Topliss-reactive ketones (excluding diaryl/α,β-unsaturated/α-hetero) is 2. The maximum atomic E-state index is 12.6. The van der Waals surface area contributed by atoms with E-state index in [1.54, 1.807) is 18.2 Å². The van der Waals surface area contributed by atoms with Crippen LogP contribution in [-0.2, 0) is 0 Å². The second-order valence-corrected chi connectivity index (χ2v) is 5.64. The number of ketones is 2. The Morgan fingerprint density at radius 3 is 2.50 bits per heavy atom. The van der Waals surface area contributed by atoms with Crippen molar-refractivity contribution in [2.24, 2.45) is 0 Å². The molecule has 4 rings (SSSR count). The van der Waals surface area contributed by atoms with E-state index in [1.165, 1.54) is 0 Å². The zero-order valence-electron chi connectivity index (χ0n) is 12.0. The Balaban J connectivity index is 1.86. The van der Waals surface area contributed by atoms with Crippen molar-refractivity contribution >= 4 is 22.5 Å². The lowest BCUT2D eigenvalue weighted by molar-refractivity contribution is 0.0888. The number of para-hydroxylation sites is 1. The quantitative estimate of drug-likeness (QED) is 0.641. The smallest absolute Gasteiger partial charge is 0.180 e. The molecule has 0 unspecified atom stereocenters. The predicted molar refractivity (Wildman–Crippen MR) is 84.3 cm³/mol. The number of carbonyl (C=O) groups excluding carboxylic acids is 2. The first-order valence-corrected chi connectivity index (χ1v) is 7.20. The van der Waals surface area contributed by atoms with Crippen molar-refractivity contribution in [1.82, 2.24) is 4.98 Å². The summed E-state index contributed by atoms with van der Waals surface area (Å²) in [5, 5.41) is 0.998. The number of pyridine rings is 1. The third kappa shape index (κ3) is 1.79. The summed E-state index contributed by atoms with van der Waals surface area (Å²) in [6.07, 6.45) is 0. The average molecular weight is 287 g/mol. The summed E-state index contributed by atoms with van der Waals surface area (Å²) in [6.45, 7) is 1.92. The fourth-order valence-corrected chi connectivity index (χ4v) is 3.02. The zero-order chi connectivity index (χ0) is 15.3. The normalized spacial score (nSPS) is 17.0. The van der Waals surface area contributed by atoms with Gasteiger partial charge in [0.15, 0.2) is 11.6 Å². The van der Waals surface area contributed by atoms with E-state index in [-0.39, 0.29) is 11.6 Å². The highest BCUT2D eigenvalue weighted by molar-refractivity contribution is 6.29.